The van der Waals surface area contributed by atoms with Gasteiger partial charge in [0.25, 0.3) is 11.5 Å². The molecule has 0 spiro atoms. The van der Waals surface area contributed by atoms with Crippen LogP contribution in [0.5, 0.6) is 0 Å². The minimum absolute atomic E-state index is 0.0440. The third-order valence-corrected chi connectivity index (χ3v) is 3.83. The molecular weight excluding hydrogens is 272 g/mol. The quantitative estimate of drug-likeness (QED) is 0.900. The summed E-state index contributed by atoms with van der Waals surface area (Å²) in [5.41, 5.74) is 1.71. The van der Waals surface area contributed by atoms with Crippen molar-refractivity contribution in [3.05, 3.63) is 45.5 Å². The van der Waals surface area contributed by atoms with Crippen molar-refractivity contribution >= 4 is 5.91 Å². The summed E-state index contributed by atoms with van der Waals surface area (Å²) in [5, 5.41) is 3.96. The molecule has 0 bridgehead atoms. The van der Waals surface area contributed by atoms with Gasteiger partial charge >= 0.3 is 0 Å². The van der Waals surface area contributed by atoms with E-state index in [9.17, 15) is 9.59 Å². The second-order valence-corrected chi connectivity index (χ2v) is 5.19. The van der Waals surface area contributed by atoms with Crippen LogP contribution in [0.2, 0.25) is 0 Å². The Labute approximate surface area is 121 Å². The topological polar surface area (TPSA) is 92.1 Å². The Morgan fingerprint density at radius 2 is 2.29 bits per heavy atom. The van der Waals surface area contributed by atoms with Gasteiger partial charge in [0.2, 0.25) is 0 Å². The number of hydrogen-bond donors (Lipinski definition) is 1. The second kappa shape index (κ2) is 5.16. The van der Waals surface area contributed by atoms with Crippen molar-refractivity contribution in [1.29, 1.82) is 0 Å². The van der Waals surface area contributed by atoms with Gasteiger partial charge in [0, 0.05) is 18.3 Å². The maximum absolute atomic E-state index is 12.6. The van der Waals surface area contributed by atoms with Gasteiger partial charge in [-0.05, 0) is 26.7 Å². The van der Waals surface area contributed by atoms with Crippen LogP contribution in [0.15, 0.2) is 21.7 Å². The molecular formula is C14H16N4O3. The molecule has 1 atom stereocenters. The molecule has 1 saturated heterocycles. The van der Waals surface area contributed by atoms with Crippen molar-refractivity contribution in [3.63, 3.8) is 0 Å². The average molecular weight is 288 g/mol. The fourth-order valence-corrected chi connectivity index (χ4v) is 2.88. The molecule has 3 heterocycles. The summed E-state index contributed by atoms with van der Waals surface area (Å²) >= 11 is 0. The minimum Gasteiger partial charge on any atom is -0.361 e. The number of amides is 1. The van der Waals surface area contributed by atoms with E-state index in [1.807, 2.05) is 13.8 Å². The first-order valence-electron chi connectivity index (χ1n) is 6.86. The zero-order valence-electron chi connectivity index (χ0n) is 11.9. The van der Waals surface area contributed by atoms with E-state index in [0.717, 1.165) is 36.1 Å². The number of hydrogen-bond acceptors (Lipinski definition) is 5. The Hall–Kier alpha value is -2.44. The molecule has 0 unspecified atom stereocenters. The summed E-state index contributed by atoms with van der Waals surface area (Å²) in [7, 11) is 0. The third kappa shape index (κ3) is 2.35. The highest BCUT2D eigenvalue weighted by Gasteiger charge is 2.34. The lowest BCUT2D eigenvalue weighted by atomic mass is 10.0. The van der Waals surface area contributed by atoms with E-state index in [0.29, 0.717) is 6.54 Å². The molecule has 0 aliphatic carbocycles. The number of aromatic amines is 1. The lowest BCUT2D eigenvalue weighted by Gasteiger charge is -2.24. The Balaban J connectivity index is 1.92. The molecule has 7 nitrogen and oxygen atoms in total. The normalized spacial score (nSPS) is 18.2. The summed E-state index contributed by atoms with van der Waals surface area (Å²) in [6.07, 6.45) is 4.27. The minimum atomic E-state index is -0.324. The first-order valence-corrected chi connectivity index (χ1v) is 6.86. The number of aromatic nitrogens is 3. The van der Waals surface area contributed by atoms with Gasteiger partial charge in [-0.2, -0.15) is 0 Å². The number of carbonyl (C=O) groups excluding carboxylic acids is 1. The SMILES string of the molecule is Cc1noc(C)c1[C@@H]1CCCN1C(=O)c1c[nH]c(=O)cn1. The van der Waals surface area contributed by atoms with Crippen molar-refractivity contribution in [2.45, 2.75) is 32.7 Å². The molecule has 0 aromatic carbocycles. The lowest BCUT2D eigenvalue weighted by molar-refractivity contribution is 0.0728. The summed E-state index contributed by atoms with van der Waals surface area (Å²) in [6.45, 7) is 4.40. The lowest BCUT2D eigenvalue weighted by Crippen LogP contribution is -2.32. The van der Waals surface area contributed by atoms with Gasteiger partial charge in [-0.1, -0.05) is 5.16 Å². The Morgan fingerprint density at radius 1 is 1.48 bits per heavy atom. The first kappa shape index (κ1) is 13.5. The predicted octanol–water partition coefficient (Wildman–Crippen LogP) is 1.35. The van der Waals surface area contributed by atoms with E-state index in [2.05, 4.69) is 15.1 Å². The highest BCUT2D eigenvalue weighted by molar-refractivity contribution is 5.92. The predicted molar refractivity (Wildman–Crippen MR) is 73.8 cm³/mol. The van der Waals surface area contributed by atoms with Crippen LogP contribution in [0.4, 0.5) is 0 Å². The molecule has 0 saturated carbocycles. The molecule has 3 rings (SSSR count). The summed E-state index contributed by atoms with van der Waals surface area (Å²) < 4.78 is 5.21. The molecule has 7 heteroatoms. The number of H-pyrrole nitrogens is 1. The standard InChI is InChI=1S/C14H16N4O3/c1-8-13(9(2)21-17-8)11-4-3-5-18(11)14(20)10-6-16-12(19)7-15-10/h6-7,11H,3-5H2,1-2H3,(H,16,19)/t11-/m0/s1. The molecule has 1 aliphatic heterocycles. The van der Waals surface area contributed by atoms with Crippen LogP contribution in [0.3, 0.4) is 0 Å². The van der Waals surface area contributed by atoms with E-state index in [1.54, 1.807) is 4.90 Å². The molecule has 1 amide bonds. The first-order chi connectivity index (χ1) is 10.1. The van der Waals surface area contributed by atoms with E-state index >= 15 is 0 Å². The van der Waals surface area contributed by atoms with Crippen LogP contribution in [-0.2, 0) is 0 Å². The van der Waals surface area contributed by atoms with Gasteiger partial charge in [-0.3, -0.25) is 9.59 Å². The number of nitrogens with zero attached hydrogens (tertiary/aromatic N) is 3. The van der Waals surface area contributed by atoms with Crippen molar-refractivity contribution < 1.29 is 9.32 Å². The summed E-state index contributed by atoms with van der Waals surface area (Å²) in [6, 6.07) is -0.0440. The molecule has 2 aromatic heterocycles. The molecule has 21 heavy (non-hydrogen) atoms. The largest absolute Gasteiger partial charge is 0.361 e. The van der Waals surface area contributed by atoms with E-state index in [-0.39, 0.29) is 23.2 Å². The summed E-state index contributed by atoms with van der Waals surface area (Å²) in [5.74, 6) is 0.556. The molecule has 110 valence electrons. The van der Waals surface area contributed by atoms with Crippen molar-refractivity contribution in [3.8, 4) is 0 Å². The van der Waals surface area contributed by atoms with E-state index in [4.69, 9.17) is 4.52 Å². The highest BCUT2D eigenvalue weighted by atomic mass is 16.5. The van der Waals surface area contributed by atoms with Gasteiger partial charge in [-0.15, -0.1) is 0 Å². The maximum atomic E-state index is 12.6. The van der Waals surface area contributed by atoms with Gasteiger partial charge < -0.3 is 14.4 Å². The fraction of sp³-hybridized carbons (Fsp3) is 0.429. The second-order valence-electron chi connectivity index (χ2n) is 5.19. The zero-order chi connectivity index (χ0) is 15.0. The molecule has 2 aromatic rings. The average Bonchev–Trinajstić information content (AvgIpc) is 3.06. The van der Waals surface area contributed by atoms with Crippen molar-refractivity contribution in [2.75, 3.05) is 6.54 Å². The fourth-order valence-electron chi connectivity index (χ4n) is 2.88. The molecule has 1 aliphatic rings. The van der Waals surface area contributed by atoms with Crippen LogP contribution in [0.25, 0.3) is 0 Å². The number of carbonyl (C=O) groups is 1. The number of rotatable bonds is 2. The Bertz CT molecular complexity index is 694. The Kier molecular flexibility index (Phi) is 3.32. The molecule has 0 radical (unpaired) electrons. The van der Waals surface area contributed by atoms with Crippen molar-refractivity contribution in [2.24, 2.45) is 0 Å². The number of likely N-dealkylation sites (tertiary alicyclic amines) is 1. The van der Waals surface area contributed by atoms with Crippen LogP contribution in [0.1, 0.15) is 46.4 Å². The van der Waals surface area contributed by atoms with Crippen LogP contribution < -0.4 is 5.56 Å². The van der Waals surface area contributed by atoms with Crippen LogP contribution in [-0.4, -0.2) is 32.5 Å². The number of nitrogens with one attached hydrogen (secondary N) is 1. The highest BCUT2D eigenvalue weighted by Crippen LogP contribution is 2.36. The zero-order valence-corrected chi connectivity index (χ0v) is 11.9. The van der Waals surface area contributed by atoms with Crippen LogP contribution in [0, 0.1) is 13.8 Å². The number of aryl methyl sites for hydroxylation is 2. The molecule has 1 N–H and O–H groups in total. The van der Waals surface area contributed by atoms with E-state index in [1.165, 1.54) is 6.20 Å². The van der Waals surface area contributed by atoms with Gasteiger partial charge in [0.05, 0.1) is 17.9 Å². The smallest absolute Gasteiger partial charge is 0.274 e. The summed E-state index contributed by atoms with van der Waals surface area (Å²) in [4.78, 5) is 31.8. The van der Waals surface area contributed by atoms with E-state index < -0.39 is 0 Å². The van der Waals surface area contributed by atoms with Gasteiger partial charge in [-0.25, -0.2) is 4.98 Å². The van der Waals surface area contributed by atoms with Crippen molar-refractivity contribution in [1.82, 2.24) is 20.0 Å². The van der Waals surface area contributed by atoms with Gasteiger partial charge in [0.15, 0.2) is 0 Å². The molecule has 1 fully saturated rings. The Morgan fingerprint density at radius 3 is 2.90 bits per heavy atom. The maximum Gasteiger partial charge on any atom is 0.274 e. The monoisotopic (exact) mass is 288 g/mol. The van der Waals surface area contributed by atoms with Crippen LogP contribution >= 0.6 is 0 Å². The van der Waals surface area contributed by atoms with Gasteiger partial charge in [0.1, 0.15) is 11.5 Å². The third-order valence-electron chi connectivity index (χ3n) is 3.83.